The Balaban J connectivity index is 2.43. The molecule has 0 unspecified atom stereocenters. The van der Waals surface area contributed by atoms with E-state index in [1.807, 2.05) is 13.0 Å². The van der Waals surface area contributed by atoms with Gasteiger partial charge in [0.2, 0.25) is 5.91 Å². The first-order valence-electron chi connectivity index (χ1n) is 6.71. The van der Waals surface area contributed by atoms with Gasteiger partial charge in [-0.1, -0.05) is 29.3 Å². The molecule has 1 saturated carbocycles. The lowest BCUT2D eigenvalue weighted by atomic mass is 9.65. The van der Waals surface area contributed by atoms with E-state index >= 15 is 0 Å². The zero-order chi connectivity index (χ0) is 15.0. The van der Waals surface area contributed by atoms with Gasteiger partial charge in [-0.25, -0.2) is 0 Å². The largest absolute Gasteiger partial charge is 0.390 e. The third-order valence-electron chi connectivity index (χ3n) is 4.31. The van der Waals surface area contributed by atoms with Crippen LogP contribution in [-0.4, -0.2) is 23.7 Å². The third kappa shape index (κ3) is 2.80. The minimum Gasteiger partial charge on any atom is -0.390 e. The number of aliphatic hydroxyl groups is 1. The van der Waals surface area contributed by atoms with Gasteiger partial charge in [0.05, 0.1) is 21.1 Å². The Kier molecular flexibility index (Phi) is 4.33. The predicted molar refractivity (Wildman–Crippen MR) is 81.3 cm³/mol. The highest BCUT2D eigenvalue weighted by Gasteiger charge is 2.45. The molecule has 2 N–H and O–H groups in total. The highest BCUT2D eigenvalue weighted by atomic mass is 35.5. The smallest absolute Gasteiger partial charge is 0.230 e. The molecule has 110 valence electrons. The zero-order valence-corrected chi connectivity index (χ0v) is 13.2. The summed E-state index contributed by atoms with van der Waals surface area (Å²) in [5.41, 5.74) is -0.472. The van der Waals surface area contributed by atoms with E-state index in [1.165, 1.54) is 0 Å². The van der Waals surface area contributed by atoms with E-state index in [2.05, 4.69) is 5.32 Å². The van der Waals surface area contributed by atoms with Gasteiger partial charge in [0.15, 0.2) is 0 Å². The van der Waals surface area contributed by atoms with Crippen LogP contribution >= 0.6 is 23.2 Å². The van der Waals surface area contributed by atoms with Gasteiger partial charge in [-0.3, -0.25) is 4.79 Å². The summed E-state index contributed by atoms with van der Waals surface area (Å²) in [5, 5.41) is 13.8. The van der Waals surface area contributed by atoms with Gasteiger partial charge in [-0.15, -0.1) is 0 Å². The lowest BCUT2D eigenvalue weighted by Crippen LogP contribution is -2.48. The van der Waals surface area contributed by atoms with Crippen LogP contribution in [0.5, 0.6) is 0 Å². The van der Waals surface area contributed by atoms with Crippen LogP contribution in [-0.2, 0) is 10.2 Å². The Morgan fingerprint density at radius 1 is 1.20 bits per heavy atom. The monoisotopic (exact) mass is 315 g/mol. The SMILES string of the molecule is CNC(=O)C1(c2ccc(Cl)c(Cl)c2)CCC(C)(O)CC1. The van der Waals surface area contributed by atoms with Crippen molar-refractivity contribution >= 4 is 29.1 Å². The molecule has 0 radical (unpaired) electrons. The number of benzene rings is 1. The van der Waals surface area contributed by atoms with Gasteiger partial charge in [0.1, 0.15) is 0 Å². The first-order chi connectivity index (χ1) is 9.31. The van der Waals surface area contributed by atoms with Crippen molar-refractivity contribution in [2.24, 2.45) is 0 Å². The Morgan fingerprint density at radius 2 is 1.80 bits per heavy atom. The molecule has 0 aromatic heterocycles. The number of carbonyl (C=O) groups excluding carboxylic acids is 1. The molecule has 0 atom stereocenters. The number of hydrogen-bond acceptors (Lipinski definition) is 2. The summed E-state index contributed by atoms with van der Waals surface area (Å²) in [5.74, 6) is -0.0358. The molecule has 1 amide bonds. The van der Waals surface area contributed by atoms with Crippen LogP contribution in [0.2, 0.25) is 10.0 Å². The van der Waals surface area contributed by atoms with Crippen molar-refractivity contribution < 1.29 is 9.90 Å². The summed E-state index contributed by atoms with van der Waals surface area (Å²) in [7, 11) is 1.63. The van der Waals surface area contributed by atoms with Gasteiger partial charge in [-0.05, 0) is 50.3 Å². The molecule has 5 heteroatoms. The maximum atomic E-state index is 12.4. The van der Waals surface area contributed by atoms with Gasteiger partial charge in [-0.2, -0.15) is 0 Å². The van der Waals surface area contributed by atoms with E-state index in [0.29, 0.717) is 35.7 Å². The Hall–Kier alpha value is -0.770. The first-order valence-corrected chi connectivity index (χ1v) is 7.46. The third-order valence-corrected chi connectivity index (χ3v) is 5.05. The summed E-state index contributed by atoms with van der Waals surface area (Å²) >= 11 is 12.0. The topological polar surface area (TPSA) is 49.3 Å². The minimum absolute atomic E-state index is 0.0358. The number of carbonyl (C=O) groups is 1. The van der Waals surface area contributed by atoms with E-state index in [4.69, 9.17) is 23.2 Å². The van der Waals surface area contributed by atoms with Gasteiger partial charge in [0.25, 0.3) is 0 Å². The fraction of sp³-hybridized carbons (Fsp3) is 0.533. The molecule has 20 heavy (non-hydrogen) atoms. The minimum atomic E-state index is -0.701. The van der Waals surface area contributed by atoms with Crippen molar-refractivity contribution in [3.05, 3.63) is 33.8 Å². The average molecular weight is 316 g/mol. The second-order valence-corrected chi connectivity index (χ2v) is 6.60. The van der Waals surface area contributed by atoms with Crippen molar-refractivity contribution in [1.29, 1.82) is 0 Å². The van der Waals surface area contributed by atoms with Crippen LogP contribution in [0.15, 0.2) is 18.2 Å². The van der Waals surface area contributed by atoms with E-state index < -0.39 is 11.0 Å². The fourth-order valence-corrected chi connectivity index (χ4v) is 3.19. The molecular formula is C15H19Cl2NO2. The second kappa shape index (κ2) is 5.55. The van der Waals surface area contributed by atoms with Gasteiger partial charge in [0, 0.05) is 7.05 Å². The molecule has 2 rings (SSSR count). The lowest BCUT2D eigenvalue weighted by Gasteiger charge is -2.41. The van der Waals surface area contributed by atoms with Crippen molar-refractivity contribution in [3.8, 4) is 0 Å². The molecule has 1 aliphatic rings. The number of hydrogen-bond donors (Lipinski definition) is 2. The van der Waals surface area contributed by atoms with Crippen LogP contribution < -0.4 is 5.32 Å². The number of nitrogens with one attached hydrogen (secondary N) is 1. The lowest BCUT2D eigenvalue weighted by molar-refractivity contribution is -0.129. The Labute approximate surface area is 129 Å². The average Bonchev–Trinajstić information content (AvgIpc) is 2.42. The van der Waals surface area contributed by atoms with Gasteiger partial charge < -0.3 is 10.4 Å². The highest BCUT2D eigenvalue weighted by molar-refractivity contribution is 6.42. The Morgan fingerprint density at radius 3 is 2.30 bits per heavy atom. The maximum absolute atomic E-state index is 12.4. The van der Waals surface area contributed by atoms with Crippen molar-refractivity contribution in [2.45, 2.75) is 43.6 Å². The van der Waals surface area contributed by atoms with Crippen molar-refractivity contribution in [2.75, 3.05) is 7.05 Å². The molecule has 0 heterocycles. The molecule has 0 aliphatic heterocycles. The number of amides is 1. The number of rotatable bonds is 2. The summed E-state index contributed by atoms with van der Waals surface area (Å²) in [4.78, 5) is 12.4. The maximum Gasteiger partial charge on any atom is 0.230 e. The number of halogens is 2. The van der Waals surface area contributed by atoms with E-state index in [-0.39, 0.29) is 5.91 Å². The van der Waals surface area contributed by atoms with Crippen molar-refractivity contribution in [3.63, 3.8) is 0 Å². The van der Waals surface area contributed by atoms with Crippen LogP contribution in [0.4, 0.5) is 0 Å². The summed E-state index contributed by atoms with van der Waals surface area (Å²) in [6, 6.07) is 5.33. The quantitative estimate of drug-likeness (QED) is 0.879. The molecule has 0 spiro atoms. The van der Waals surface area contributed by atoms with E-state index in [9.17, 15) is 9.90 Å². The fourth-order valence-electron chi connectivity index (χ4n) is 2.90. The second-order valence-electron chi connectivity index (χ2n) is 5.79. The molecule has 3 nitrogen and oxygen atoms in total. The molecule has 1 fully saturated rings. The number of likely N-dealkylation sites (N-methyl/N-ethyl adjacent to an activating group) is 1. The van der Waals surface area contributed by atoms with E-state index in [1.54, 1.807) is 19.2 Å². The van der Waals surface area contributed by atoms with Crippen LogP contribution in [0, 0.1) is 0 Å². The molecule has 0 saturated heterocycles. The normalized spacial score (nSPS) is 30.1. The van der Waals surface area contributed by atoms with Crippen LogP contribution in [0.3, 0.4) is 0 Å². The zero-order valence-electron chi connectivity index (χ0n) is 11.7. The van der Waals surface area contributed by atoms with Crippen molar-refractivity contribution in [1.82, 2.24) is 5.32 Å². The molecule has 1 aromatic rings. The van der Waals surface area contributed by atoms with E-state index in [0.717, 1.165) is 5.56 Å². The van der Waals surface area contributed by atoms with Crippen LogP contribution in [0.1, 0.15) is 38.2 Å². The molecule has 1 aliphatic carbocycles. The van der Waals surface area contributed by atoms with Gasteiger partial charge >= 0.3 is 0 Å². The predicted octanol–water partition coefficient (Wildman–Crippen LogP) is 3.30. The molecule has 1 aromatic carbocycles. The summed E-state index contributed by atoms with van der Waals surface area (Å²) in [6.07, 6.45) is 2.36. The Bertz CT molecular complexity index is 519. The summed E-state index contributed by atoms with van der Waals surface area (Å²) in [6.45, 7) is 1.82. The highest BCUT2D eigenvalue weighted by Crippen LogP contribution is 2.44. The molecule has 0 bridgehead atoms. The summed E-state index contributed by atoms with van der Waals surface area (Å²) < 4.78 is 0. The first kappa shape index (κ1) is 15.6. The van der Waals surface area contributed by atoms with Crippen LogP contribution in [0.25, 0.3) is 0 Å². The standard InChI is InChI=1S/C15H19Cl2NO2/c1-14(20)5-7-15(8-6-14,13(19)18-2)10-3-4-11(16)12(17)9-10/h3-4,9,20H,5-8H2,1-2H3,(H,18,19). The molecular weight excluding hydrogens is 297 g/mol.